The van der Waals surface area contributed by atoms with Gasteiger partial charge < -0.3 is 55.2 Å². The highest BCUT2D eigenvalue weighted by atomic mass is 31.2. The van der Waals surface area contributed by atoms with E-state index in [1.54, 1.807) is 41.5 Å². The molecule has 0 heterocycles. The van der Waals surface area contributed by atoms with Crippen LogP contribution in [0.5, 0.6) is 0 Å². The first kappa shape index (κ1) is 125. The number of carboxylic acids is 1. The van der Waals surface area contributed by atoms with E-state index >= 15 is 0 Å². The summed E-state index contributed by atoms with van der Waals surface area (Å²) in [5.41, 5.74) is -1.32. The molecule has 6 N–H and O–H groups in total. The number of carbonyl (C=O) groups excluding carboxylic acids is 5. The first-order valence-corrected chi connectivity index (χ1v) is 53.1. The molecule has 0 aromatic carbocycles. The summed E-state index contributed by atoms with van der Waals surface area (Å²) >= 11 is 0. The minimum absolute atomic E-state index is 0.00544. The van der Waals surface area contributed by atoms with Crippen LogP contribution in [-0.4, -0.2) is 161 Å². The van der Waals surface area contributed by atoms with Gasteiger partial charge in [-0.05, 0) is 92.9 Å². The maximum absolute atomic E-state index is 13.6. The number of unbranched alkanes of at least 4 members (excludes halogenated alkanes) is 44. The molecule has 0 aliphatic heterocycles. The topological polar surface area (TPSA) is 327 Å². The van der Waals surface area contributed by atoms with Crippen molar-refractivity contribution in [3.05, 3.63) is 25.3 Å². The lowest BCUT2D eigenvalue weighted by Gasteiger charge is -2.23. The zero-order valence-corrected chi connectivity index (χ0v) is 83.7. The molecule has 6 atom stereocenters. The van der Waals surface area contributed by atoms with Gasteiger partial charge in [-0.2, -0.15) is 0 Å². The van der Waals surface area contributed by atoms with Gasteiger partial charge in [0.25, 0.3) is 0 Å². The van der Waals surface area contributed by atoms with Crippen molar-refractivity contribution in [3.8, 4) is 0 Å². The molecule has 0 saturated heterocycles. The molecule has 740 valence electrons. The Labute approximate surface area is 763 Å². The third kappa shape index (κ3) is 95.9. The second kappa shape index (κ2) is 90.5. The number of amides is 4. The average Bonchev–Trinajstić information content (AvgIpc) is 0.887. The van der Waals surface area contributed by atoms with Crippen molar-refractivity contribution in [3.63, 3.8) is 0 Å². The number of carboxylic acid groups (broad SMARTS) is 1. The molecule has 0 fully saturated rings. The minimum Gasteiger partial charge on any atom is -0.481 e. The highest BCUT2D eigenvalue weighted by molar-refractivity contribution is 7.48. The van der Waals surface area contributed by atoms with Gasteiger partial charge in [-0.15, -0.1) is 13.2 Å². The van der Waals surface area contributed by atoms with E-state index < -0.39 is 63.2 Å². The summed E-state index contributed by atoms with van der Waals surface area (Å²) in [6, 6.07) is -1.27. The lowest BCUT2D eigenvalue weighted by atomic mass is 10.1. The lowest BCUT2D eigenvalue weighted by Crippen LogP contribution is -2.41. The first-order chi connectivity index (χ1) is 60.1. The number of nitrogens with one attached hydrogen (secondary N) is 4. The lowest BCUT2D eigenvalue weighted by molar-refractivity contribution is -0.150. The molecule has 0 bridgehead atoms. The Morgan fingerprint density at radius 2 is 0.632 bits per heavy atom. The van der Waals surface area contributed by atoms with Gasteiger partial charge in [-0.1, -0.05) is 343 Å². The van der Waals surface area contributed by atoms with Crippen LogP contribution in [0.25, 0.3) is 0 Å². The van der Waals surface area contributed by atoms with Crippen molar-refractivity contribution >= 4 is 51.6 Å². The Kier molecular flexibility index (Phi) is 90.6. The predicted molar refractivity (Wildman–Crippen MR) is 511 cm³/mol. The molecule has 0 spiro atoms. The third-order valence-corrected chi connectivity index (χ3v) is 23.6. The summed E-state index contributed by atoms with van der Waals surface area (Å²) in [6.07, 6.45) is 64.4. The molecule has 0 rings (SSSR count). The fourth-order valence-corrected chi connectivity index (χ4v) is 15.9. The zero-order chi connectivity index (χ0) is 93.3. The van der Waals surface area contributed by atoms with Crippen molar-refractivity contribution in [2.45, 2.75) is 491 Å². The van der Waals surface area contributed by atoms with Gasteiger partial charge in [-0.25, -0.2) is 18.7 Å². The highest BCUT2D eigenvalue weighted by Gasteiger charge is 2.31. The molecule has 125 heavy (non-hydrogen) atoms. The van der Waals surface area contributed by atoms with Crippen molar-refractivity contribution in [1.29, 1.82) is 0 Å². The van der Waals surface area contributed by atoms with Crippen molar-refractivity contribution in [2.75, 3.05) is 79.2 Å². The zero-order valence-electron chi connectivity index (χ0n) is 81.9. The van der Waals surface area contributed by atoms with Crippen LogP contribution in [0, 0.1) is 0 Å². The molecule has 25 nitrogen and oxygen atoms in total. The summed E-state index contributed by atoms with van der Waals surface area (Å²) in [5, 5.41) is 29.8. The minimum atomic E-state index is -4.12. The molecule has 2 unspecified atom stereocenters. The fourth-order valence-electron chi connectivity index (χ4n) is 13.5. The summed E-state index contributed by atoms with van der Waals surface area (Å²) < 4.78 is 88.5. The smallest absolute Gasteiger partial charge is 0.475 e. The number of esters is 1. The molecule has 4 amide bonds. The number of phosphoric ester groups is 2. The van der Waals surface area contributed by atoms with Crippen LogP contribution in [-0.2, 0) is 79.1 Å². The molecule has 0 aromatic heterocycles. The van der Waals surface area contributed by atoms with Gasteiger partial charge in [0, 0.05) is 51.8 Å². The quantitative estimate of drug-likeness (QED) is 0.0108. The van der Waals surface area contributed by atoms with Crippen LogP contribution in [0.1, 0.15) is 455 Å². The number of aliphatic carboxylic acids is 1. The SMILES string of the molecule is C=CCOP(=O)(OCCNC(=O)OC(C)(C)C)OC[C@@H](COCC[C@@H](CCCCCCC)OC(=O)CCCCCCCCCCC)NC(=O)CCCCCCCCCCCCC.C=CCOP(=O)(OCCNC(=O)OC(C)(C)C)OC[C@@H](COCC[C@H](O)CCCCCCC)NC(=O)CCCCCCCCCCCCC.CCCCCCCCCCCC(=O)O. The van der Waals surface area contributed by atoms with Crippen molar-refractivity contribution in [1.82, 2.24) is 21.3 Å². The van der Waals surface area contributed by atoms with Crippen LogP contribution < -0.4 is 21.3 Å². The Hall–Kier alpha value is -4.00. The summed E-state index contributed by atoms with van der Waals surface area (Å²) in [7, 11) is -8.19. The van der Waals surface area contributed by atoms with Crippen LogP contribution in [0.2, 0.25) is 0 Å². The largest absolute Gasteiger partial charge is 0.481 e. The van der Waals surface area contributed by atoms with E-state index in [0.29, 0.717) is 51.7 Å². The summed E-state index contributed by atoms with van der Waals surface area (Å²) in [6.45, 7) is 31.0. The third-order valence-electron chi connectivity index (χ3n) is 20.7. The van der Waals surface area contributed by atoms with Crippen molar-refractivity contribution < 1.29 is 98.9 Å². The number of phosphoric acid groups is 2. The normalized spacial score (nSPS) is 13.4. The molecular weight excluding hydrogens is 1630 g/mol. The van der Waals surface area contributed by atoms with E-state index in [0.717, 1.165) is 116 Å². The van der Waals surface area contributed by atoms with Gasteiger partial charge in [0.15, 0.2) is 0 Å². The molecule has 0 saturated carbocycles. The first-order valence-electron chi connectivity index (χ1n) is 50.2. The molecular formula is C98H192N4O21P2. The molecule has 0 aliphatic carbocycles. The number of alkyl carbamates (subject to hydrolysis) is 2. The molecule has 27 heteroatoms. The van der Waals surface area contributed by atoms with Gasteiger partial charge in [-0.3, -0.25) is 46.3 Å². The van der Waals surface area contributed by atoms with Gasteiger partial charge >= 0.3 is 39.8 Å². The average molecular weight is 1820 g/mol. The van der Waals surface area contributed by atoms with Gasteiger partial charge in [0.05, 0.1) is 77.6 Å². The summed E-state index contributed by atoms with van der Waals surface area (Å²) in [4.78, 5) is 73.1. The van der Waals surface area contributed by atoms with Crippen molar-refractivity contribution in [2.24, 2.45) is 0 Å². The van der Waals surface area contributed by atoms with Gasteiger partial charge in [0.1, 0.15) is 17.3 Å². The number of hydrogen-bond donors (Lipinski definition) is 6. The Balaban J connectivity index is -0.00000209. The Morgan fingerprint density at radius 1 is 0.344 bits per heavy atom. The van der Waals surface area contributed by atoms with E-state index in [1.807, 2.05) is 0 Å². The Morgan fingerprint density at radius 3 is 0.944 bits per heavy atom. The second-order valence-corrected chi connectivity index (χ2v) is 39.1. The number of carbonyl (C=O) groups is 6. The van der Waals surface area contributed by atoms with Crippen LogP contribution >= 0.6 is 15.6 Å². The van der Waals surface area contributed by atoms with E-state index in [4.69, 9.17) is 55.9 Å². The molecule has 0 aromatic rings. The van der Waals surface area contributed by atoms with E-state index in [2.05, 4.69) is 76.0 Å². The molecule has 0 aliphatic rings. The standard InChI is InChI=1S/C49H95N2O10P.C37H73N2O9P.C12H24O2/c1-8-12-15-18-20-22-23-25-26-29-32-35-46(52)51-44(43-59-62(55,57-39-11-4)58-41-38-50-48(54)61-49(5,6)7)42-56-40-37-45(34-31-28-17-14-10-3)60-47(53)36-33-30-27-24-21-19-16-13-9-2;1-7-10-12-14-15-16-17-18-19-21-23-25-35(41)39-33(31-44-29-26-34(40)24-22-20-13-11-8-2)32-47-49(43,45-28-9-3)46-30-27-38-36(42)48-37(4,5)6;1-2-3-4-5-6-7-8-9-10-11-12(13)14/h11,44-45H,4,8-10,12-43H2,1-3,5-7H3,(H,50,54)(H,51,52);9,33-34,40H,3,7-8,10-32H2,1-2,4-6H3,(H,38,42)(H,39,41);2-11H2,1H3,(H,13,14)/t44-,45-,62?;33-,34-,49?;/m11./s1. The second-order valence-electron chi connectivity index (χ2n) is 35.7. The number of aliphatic hydroxyl groups is 1. The van der Waals surface area contributed by atoms with E-state index in [1.165, 1.54) is 230 Å². The Bertz CT molecular complexity index is 2600. The number of ether oxygens (including phenoxy) is 5. The van der Waals surface area contributed by atoms with Gasteiger partial charge in [0.2, 0.25) is 11.8 Å². The predicted octanol–water partition coefficient (Wildman–Crippen LogP) is 26.8. The fraction of sp³-hybridized carbons (Fsp3) is 0.898. The monoisotopic (exact) mass is 1820 g/mol. The highest BCUT2D eigenvalue weighted by Crippen LogP contribution is 2.50. The number of rotatable bonds is 89. The number of hydrogen-bond acceptors (Lipinski definition) is 20. The molecule has 0 radical (unpaired) electrons. The van der Waals surface area contributed by atoms with Crippen LogP contribution in [0.3, 0.4) is 0 Å². The summed E-state index contributed by atoms with van der Waals surface area (Å²) in [5.74, 6) is -1.08. The van der Waals surface area contributed by atoms with Crippen LogP contribution in [0.15, 0.2) is 25.3 Å². The van der Waals surface area contributed by atoms with E-state index in [9.17, 15) is 43.0 Å². The number of aliphatic hydroxyl groups excluding tert-OH is 1. The van der Waals surface area contributed by atoms with E-state index in [-0.39, 0.29) is 89.8 Å². The van der Waals surface area contributed by atoms with Crippen LogP contribution in [0.4, 0.5) is 9.59 Å². The maximum Gasteiger partial charge on any atom is 0.475 e. The maximum atomic E-state index is 13.6.